The van der Waals surface area contributed by atoms with Crippen LogP contribution in [0.1, 0.15) is 22.4 Å². The number of hydrogen-bond donors (Lipinski definition) is 0. The molecule has 0 atom stereocenters. The number of aromatic nitrogens is 1. The van der Waals surface area contributed by atoms with E-state index in [1.807, 2.05) is 45.2 Å². The molecule has 0 fully saturated rings. The Balaban J connectivity index is 2.19. The van der Waals surface area contributed by atoms with Crippen LogP contribution in [0.25, 0.3) is 0 Å². The molecule has 0 saturated carbocycles. The highest BCUT2D eigenvalue weighted by Crippen LogP contribution is 2.28. The zero-order chi connectivity index (χ0) is 14.7. The normalized spacial score (nSPS) is 10.4. The Bertz CT molecular complexity index is 626. The molecule has 0 saturated heterocycles. The number of halogens is 1. The van der Waals surface area contributed by atoms with Crippen molar-refractivity contribution < 1.29 is 9.47 Å². The van der Waals surface area contributed by atoms with Crippen molar-refractivity contribution in [1.29, 1.82) is 0 Å². The van der Waals surface area contributed by atoms with Crippen LogP contribution in [0.15, 0.2) is 28.9 Å². The van der Waals surface area contributed by atoms with E-state index in [2.05, 4.69) is 20.9 Å². The van der Waals surface area contributed by atoms with Crippen molar-refractivity contribution in [3.63, 3.8) is 0 Å². The van der Waals surface area contributed by atoms with Gasteiger partial charge in [0, 0.05) is 17.3 Å². The summed E-state index contributed by atoms with van der Waals surface area (Å²) in [5.74, 6) is 1.69. The van der Waals surface area contributed by atoms with Gasteiger partial charge in [-0.25, -0.2) is 0 Å². The minimum absolute atomic E-state index is 0.421. The van der Waals surface area contributed by atoms with Gasteiger partial charge in [0.05, 0.1) is 17.3 Å². The Morgan fingerprint density at radius 1 is 1.20 bits per heavy atom. The molecule has 0 aliphatic heterocycles. The van der Waals surface area contributed by atoms with Crippen molar-refractivity contribution in [3.05, 3.63) is 51.3 Å². The summed E-state index contributed by atoms with van der Waals surface area (Å²) < 4.78 is 12.2. The zero-order valence-electron chi connectivity index (χ0n) is 12.2. The third kappa shape index (κ3) is 3.12. The van der Waals surface area contributed by atoms with Gasteiger partial charge < -0.3 is 9.47 Å². The van der Waals surface area contributed by atoms with Crippen molar-refractivity contribution in [2.45, 2.75) is 27.4 Å². The maximum atomic E-state index is 5.83. The molecular weight excluding hydrogens is 318 g/mol. The van der Waals surface area contributed by atoms with Gasteiger partial charge in [-0.15, -0.1) is 0 Å². The fraction of sp³-hybridized carbons (Fsp3) is 0.312. The molecule has 0 aliphatic carbocycles. The molecule has 0 spiro atoms. The fourth-order valence-electron chi connectivity index (χ4n) is 2.09. The molecule has 1 aromatic carbocycles. The number of benzene rings is 1. The van der Waals surface area contributed by atoms with Gasteiger partial charge >= 0.3 is 0 Å². The number of hydrogen-bond acceptors (Lipinski definition) is 3. The Labute approximate surface area is 128 Å². The van der Waals surface area contributed by atoms with Gasteiger partial charge in [0.2, 0.25) is 0 Å². The van der Waals surface area contributed by atoms with Crippen LogP contribution in [-0.4, -0.2) is 12.1 Å². The molecule has 0 unspecified atom stereocenters. The summed E-state index contributed by atoms with van der Waals surface area (Å²) in [4.78, 5) is 4.43. The first-order chi connectivity index (χ1) is 9.52. The highest BCUT2D eigenvalue weighted by atomic mass is 79.9. The smallest absolute Gasteiger partial charge is 0.134 e. The minimum atomic E-state index is 0.421. The molecule has 0 amide bonds. The quantitative estimate of drug-likeness (QED) is 0.831. The Kier molecular flexibility index (Phi) is 4.65. The van der Waals surface area contributed by atoms with Gasteiger partial charge in [-0.1, -0.05) is 6.07 Å². The third-order valence-electron chi connectivity index (χ3n) is 3.20. The highest BCUT2D eigenvalue weighted by molar-refractivity contribution is 9.10. The van der Waals surface area contributed by atoms with E-state index < -0.39 is 0 Å². The standard InChI is InChI=1S/C16H18BrNO2/c1-10-5-6-15(13(17)7-10)20-9-14-12(3)16(19-4)11(2)8-18-14/h5-8H,9H2,1-4H3. The molecule has 2 rings (SSSR count). The van der Waals surface area contributed by atoms with E-state index in [0.29, 0.717) is 6.61 Å². The number of nitrogens with zero attached hydrogens (tertiary/aromatic N) is 1. The van der Waals surface area contributed by atoms with Gasteiger partial charge in [-0.2, -0.15) is 0 Å². The van der Waals surface area contributed by atoms with Crippen LogP contribution >= 0.6 is 15.9 Å². The van der Waals surface area contributed by atoms with Crippen LogP contribution in [0.2, 0.25) is 0 Å². The molecule has 0 radical (unpaired) electrons. The summed E-state index contributed by atoms with van der Waals surface area (Å²) >= 11 is 3.51. The largest absolute Gasteiger partial charge is 0.496 e. The summed E-state index contributed by atoms with van der Waals surface area (Å²) in [6.07, 6.45) is 1.81. The molecule has 0 N–H and O–H groups in total. The minimum Gasteiger partial charge on any atom is -0.496 e. The first-order valence-corrected chi connectivity index (χ1v) is 7.20. The van der Waals surface area contributed by atoms with Crippen molar-refractivity contribution in [3.8, 4) is 11.5 Å². The molecule has 20 heavy (non-hydrogen) atoms. The van der Waals surface area contributed by atoms with Crippen molar-refractivity contribution >= 4 is 15.9 Å². The van der Waals surface area contributed by atoms with E-state index in [-0.39, 0.29) is 0 Å². The fourth-order valence-corrected chi connectivity index (χ4v) is 2.69. The lowest BCUT2D eigenvalue weighted by molar-refractivity contribution is 0.297. The van der Waals surface area contributed by atoms with E-state index in [1.165, 1.54) is 5.56 Å². The van der Waals surface area contributed by atoms with Crippen molar-refractivity contribution in [2.24, 2.45) is 0 Å². The lowest BCUT2D eigenvalue weighted by atomic mass is 10.1. The van der Waals surface area contributed by atoms with Crippen LogP contribution in [0, 0.1) is 20.8 Å². The lowest BCUT2D eigenvalue weighted by Gasteiger charge is -2.13. The van der Waals surface area contributed by atoms with Crippen LogP contribution in [0.5, 0.6) is 11.5 Å². The van der Waals surface area contributed by atoms with Gasteiger partial charge in [0.25, 0.3) is 0 Å². The van der Waals surface area contributed by atoms with Crippen molar-refractivity contribution in [2.75, 3.05) is 7.11 Å². The van der Waals surface area contributed by atoms with E-state index in [9.17, 15) is 0 Å². The predicted molar refractivity (Wildman–Crippen MR) is 83.5 cm³/mol. The van der Waals surface area contributed by atoms with E-state index in [4.69, 9.17) is 9.47 Å². The zero-order valence-corrected chi connectivity index (χ0v) is 13.7. The molecule has 3 nitrogen and oxygen atoms in total. The topological polar surface area (TPSA) is 31.4 Å². The first-order valence-electron chi connectivity index (χ1n) is 6.41. The molecule has 4 heteroatoms. The molecule has 2 aromatic rings. The summed E-state index contributed by atoms with van der Waals surface area (Å²) in [5, 5.41) is 0. The second-order valence-electron chi connectivity index (χ2n) is 4.77. The summed E-state index contributed by atoms with van der Waals surface area (Å²) in [7, 11) is 1.68. The molecule has 1 aromatic heterocycles. The van der Waals surface area contributed by atoms with E-state index in [1.54, 1.807) is 7.11 Å². The first kappa shape index (κ1) is 14.9. The maximum absolute atomic E-state index is 5.83. The Hall–Kier alpha value is -1.55. The monoisotopic (exact) mass is 335 g/mol. The van der Waals surface area contributed by atoms with E-state index >= 15 is 0 Å². The molecule has 0 bridgehead atoms. The van der Waals surface area contributed by atoms with Gasteiger partial charge in [0.15, 0.2) is 0 Å². The Morgan fingerprint density at radius 2 is 1.95 bits per heavy atom. The van der Waals surface area contributed by atoms with Gasteiger partial charge in [-0.3, -0.25) is 4.98 Å². The number of ether oxygens (including phenoxy) is 2. The maximum Gasteiger partial charge on any atom is 0.134 e. The van der Waals surface area contributed by atoms with Crippen LogP contribution in [-0.2, 0) is 6.61 Å². The molecule has 0 aliphatic rings. The summed E-state index contributed by atoms with van der Waals surface area (Å²) in [5.41, 5.74) is 4.14. The van der Waals surface area contributed by atoms with Crippen LogP contribution in [0.3, 0.4) is 0 Å². The number of pyridine rings is 1. The average molecular weight is 336 g/mol. The SMILES string of the molecule is COc1c(C)cnc(COc2ccc(C)cc2Br)c1C. The van der Waals surface area contributed by atoms with Crippen molar-refractivity contribution in [1.82, 2.24) is 4.98 Å². The van der Waals surface area contributed by atoms with Gasteiger partial charge in [0.1, 0.15) is 18.1 Å². The van der Waals surface area contributed by atoms with Crippen LogP contribution < -0.4 is 9.47 Å². The third-order valence-corrected chi connectivity index (χ3v) is 3.82. The highest BCUT2D eigenvalue weighted by Gasteiger charge is 2.10. The second-order valence-corrected chi connectivity index (χ2v) is 5.62. The summed E-state index contributed by atoms with van der Waals surface area (Å²) in [6.45, 7) is 6.46. The van der Waals surface area contributed by atoms with Crippen LogP contribution in [0.4, 0.5) is 0 Å². The molecular formula is C16H18BrNO2. The lowest BCUT2D eigenvalue weighted by Crippen LogP contribution is -2.04. The molecule has 1 heterocycles. The number of aryl methyl sites for hydroxylation is 2. The Morgan fingerprint density at radius 3 is 2.60 bits per heavy atom. The number of rotatable bonds is 4. The second kappa shape index (κ2) is 6.27. The summed E-state index contributed by atoms with van der Waals surface area (Å²) in [6, 6.07) is 6.02. The van der Waals surface area contributed by atoms with Gasteiger partial charge in [-0.05, 0) is 54.4 Å². The predicted octanol–water partition coefficient (Wildman–Crippen LogP) is 4.36. The molecule has 106 valence electrons. The number of methoxy groups -OCH3 is 1. The van der Waals surface area contributed by atoms with E-state index in [0.717, 1.165) is 32.8 Å². The average Bonchev–Trinajstić information content (AvgIpc) is 2.40.